The molecule has 2 rings (SSSR count). The van der Waals surface area contributed by atoms with E-state index in [0.717, 1.165) is 16.9 Å². The van der Waals surface area contributed by atoms with E-state index in [0.29, 0.717) is 11.3 Å². The second-order valence-electron chi connectivity index (χ2n) is 4.71. The van der Waals surface area contributed by atoms with Gasteiger partial charge in [-0.25, -0.2) is 8.42 Å². The molecule has 4 nitrogen and oxygen atoms in total. The van der Waals surface area contributed by atoms with Crippen LogP contribution in [0, 0.1) is 0 Å². The molecule has 22 heavy (non-hydrogen) atoms. The van der Waals surface area contributed by atoms with Gasteiger partial charge in [-0.3, -0.25) is 4.79 Å². The van der Waals surface area contributed by atoms with Crippen LogP contribution in [-0.2, 0) is 9.84 Å². The molecule has 0 unspecified atom stereocenters. The normalized spacial score (nSPS) is 11.2. The van der Waals surface area contributed by atoms with Crippen LogP contribution in [0.15, 0.2) is 58.3 Å². The van der Waals surface area contributed by atoms with Crippen LogP contribution in [0.1, 0.15) is 17.3 Å². The average molecular weight is 335 g/mol. The number of anilines is 1. The van der Waals surface area contributed by atoms with Crippen molar-refractivity contribution in [3.63, 3.8) is 0 Å². The van der Waals surface area contributed by atoms with Gasteiger partial charge < -0.3 is 5.32 Å². The molecule has 0 aliphatic rings. The number of amides is 1. The highest BCUT2D eigenvalue weighted by Gasteiger charge is 2.09. The minimum absolute atomic E-state index is 0.222. The van der Waals surface area contributed by atoms with Crippen molar-refractivity contribution < 1.29 is 13.2 Å². The van der Waals surface area contributed by atoms with Crippen LogP contribution in [0.4, 0.5) is 5.69 Å². The molecule has 0 aromatic heterocycles. The van der Waals surface area contributed by atoms with E-state index < -0.39 is 9.84 Å². The Morgan fingerprint density at radius 2 is 1.64 bits per heavy atom. The van der Waals surface area contributed by atoms with E-state index >= 15 is 0 Å². The number of carbonyl (C=O) groups is 1. The first-order valence-electron chi connectivity index (χ1n) is 6.74. The molecule has 2 aromatic rings. The van der Waals surface area contributed by atoms with Gasteiger partial charge in [-0.05, 0) is 54.3 Å². The summed E-state index contributed by atoms with van der Waals surface area (Å²) in [6.45, 7) is 2.07. The number of carbonyl (C=O) groups excluding carboxylic acids is 1. The van der Waals surface area contributed by atoms with Crippen molar-refractivity contribution in [1.29, 1.82) is 0 Å². The number of hydrogen-bond donors (Lipinski definition) is 1. The molecule has 1 N–H and O–H groups in total. The SMILES string of the molecule is CCSc1ccc(C(=O)Nc2ccc(S(C)(=O)=O)cc2)cc1. The molecule has 0 atom stereocenters. The molecule has 0 saturated carbocycles. The first kappa shape index (κ1) is 16.6. The van der Waals surface area contributed by atoms with Crippen molar-refractivity contribution in [2.45, 2.75) is 16.7 Å². The van der Waals surface area contributed by atoms with Crippen molar-refractivity contribution in [2.24, 2.45) is 0 Å². The molecule has 0 aliphatic carbocycles. The topological polar surface area (TPSA) is 63.2 Å². The highest BCUT2D eigenvalue weighted by Crippen LogP contribution is 2.19. The Morgan fingerprint density at radius 3 is 2.14 bits per heavy atom. The maximum atomic E-state index is 12.1. The van der Waals surface area contributed by atoms with E-state index in [4.69, 9.17) is 0 Å². The summed E-state index contributed by atoms with van der Waals surface area (Å²) in [5.41, 5.74) is 1.12. The van der Waals surface area contributed by atoms with Crippen molar-refractivity contribution in [3.8, 4) is 0 Å². The quantitative estimate of drug-likeness (QED) is 0.850. The molecule has 6 heteroatoms. The molecular weight excluding hydrogens is 318 g/mol. The Kier molecular flexibility index (Phi) is 5.26. The van der Waals surface area contributed by atoms with E-state index in [2.05, 4.69) is 12.2 Å². The summed E-state index contributed by atoms with van der Waals surface area (Å²) in [4.78, 5) is 13.5. The summed E-state index contributed by atoms with van der Waals surface area (Å²) in [7, 11) is -3.23. The fraction of sp³-hybridized carbons (Fsp3) is 0.188. The summed E-state index contributed by atoms with van der Waals surface area (Å²) < 4.78 is 22.8. The van der Waals surface area contributed by atoms with Crippen LogP contribution >= 0.6 is 11.8 Å². The number of nitrogens with one attached hydrogen (secondary N) is 1. The summed E-state index contributed by atoms with van der Waals surface area (Å²) in [6, 6.07) is 13.5. The Morgan fingerprint density at radius 1 is 1.05 bits per heavy atom. The lowest BCUT2D eigenvalue weighted by Gasteiger charge is -2.07. The molecule has 0 heterocycles. The summed E-state index contributed by atoms with van der Waals surface area (Å²) in [5.74, 6) is 0.762. The molecular formula is C16H17NO3S2. The van der Waals surface area contributed by atoms with Gasteiger partial charge >= 0.3 is 0 Å². The minimum Gasteiger partial charge on any atom is -0.322 e. The van der Waals surface area contributed by atoms with Gasteiger partial charge in [-0.15, -0.1) is 11.8 Å². The highest BCUT2D eigenvalue weighted by atomic mass is 32.2. The predicted molar refractivity (Wildman–Crippen MR) is 90.3 cm³/mol. The Balaban J connectivity index is 2.08. The molecule has 2 aromatic carbocycles. The number of sulfone groups is 1. The van der Waals surface area contributed by atoms with Gasteiger partial charge in [0.15, 0.2) is 9.84 Å². The first-order chi connectivity index (χ1) is 10.4. The molecule has 116 valence electrons. The second kappa shape index (κ2) is 6.98. The van der Waals surface area contributed by atoms with E-state index in [-0.39, 0.29) is 10.8 Å². The van der Waals surface area contributed by atoms with Gasteiger partial charge in [0.1, 0.15) is 0 Å². The molecule has 0 bridgehead atoms. The Labute approximate surface area is 134 Å². The van der Waals surface area contributed by atoms with Crippen molar-refractivity contribution in [3.05, 3.63) is 54.1 Å². The first-order valence-corrected chi connectivity index (χ1v) is 9.62. The minimum atomic E-state index is -3.23. The highest BCUT2D eigenvalue weighted by molar-refractivity contribution is 7.99. The fourth-order valence-corrected chi connectivity index (χ4v) is 3.15. The lowest BCUT2D eigenvalue weighted by Crippen LogP contribution is -2.11. The van der Waals surface area contributed by atoms with Gasteiger partial charge in [0.25, 0.3) is 5.91 Å². The van der Waals surface area contributed by atoms with E-state index in [1.807, 2.05) is 12.1 Å². The summed E-state index contributed by atoms with van der Waals surface area (Å²) >= 11 is 1.71. The van der Waals surface area contributed by atoms with Crippen LogP contribution in [0.5, 0.6) is 0 Å². The lowest BCUT2D eigenvalue weighted by atomic mass is 10.2. The predicted octanol–water partition coefficient (Wildman–Crippen LogP) is 3.45. The Hall–Kier alpha value is -1.79. The number of hydrogen-bond acceptors (Lipinski definition) is 4. The van der Waals surface area contributed by atoms with Gasteiger partial charge in [-0.2, -0.15) is 0 Å². The standard InChI is InChI=1S/C16H17NO3S2/c1-3-21-14-8-4-12(5-9-14)16(18)17-13-6-10-15(11-7-13)22(2,19)20/h4-11H,3H2,1-2H3,(H,17,18). The van der Waals surface area contributed by atoms with Gasteiger partial charge in [-0.1, -0.05) is 6.92 Å². The summed E-state index contributed by atoms with van der Waals surface area (Å²) in [6.07, 6.45) is 1.15. The van der Waals surface area contributed by atoms with Crippen LogP contribution in [0.25, 0.3) is 0 Å². The molecule has 0 aliphatic heterocycles. The monoisotopic (exact) mass is 335 g/mol. The van der Waals surface area contributed by atoms with Crippen molar-refractivity contribution in [1.82, 2.24) is 0 Å². The van der Waals surface area contributed by atoms with Gasteiger partial charge in [0.2, 0.25) is 0 Å². The van der Waals surface area contributed by atoms with Gasteiger partial charge in [0, 0.05) is 22.4 Å². The average Bonchev–Trinajstić information content (AvgIpc) is 2.48. The van der Waals surface area contributed by atoms with E-state index in [1.54, 1.807) is 36.0 Å². The van der Waals surface area contributed by atoms with Crippen molar-refractivity contribution in [2.75, 3.05) is 17.3 Å². The van der Waals surface area contributed by atoms with Crippen LogP contribution in [-0.4, -0.2) is 26.3 Å². The zero-order chi connectivity index (χ0) is 16.2. The molecule has 0 radical (unpaired) electrons. The third-order valence-electron chi connectivity index (χ3n) is 2.97. The van der Waals surface area contributed by atoms with Crippen LogP contribution in [0.3, 0.4) is 0 Å². The Bertz CT molecular complexity index is 751. The lowest BCUT2D eigenvalue weighted by molar-refractivity contribution is 0.102. The fourth-order valence-electron chi connectivity index (χ4n) is 1.86. The second-order valence-corrected chi connectivity index (χ2v) is 8.06. The molecule has 0 spiro atoms. The third-order valence-corrected chi connectivity index (χ3v) is 4.99. The largest absolute Gasteiger partial charge is 0.322 e. The number of benzene rings is 2. The van der Waals surface area contributed by atoms with Crippen LogP contribution < -0.4 is 5.32 Å². The zero-order valence-electron chi connectivity index (χ0n) is 12.4. The van der Waals surface area contributed by atoms with E-state index in [9.17, 15) is 13.2 Å². The molecule has 0 saturated heterocycles. The number of thioether (sulfide) groups is 1. The van der Waals surface area contributed by atoms with Crippen molar-refractivity contribution >= 4 is 33.2 Å². The third kappa shape index (κ3) is 4.35. The number of rotatable bonds is 5. The summed E-state index contributed by atoms with van der Waals surface area (Å²) in [5, 5.41) is 2.75. The van der Waals surface area contributed by atoms with Crippen LogP contribution in [0.2, 0.25) is 0 Å². The molecule has 1 amide bonds. The molecule has 0 fully saturated rings. The maximum absolute atomic E-state index is 12.1. The van der Waals surface area contributed by atoms with Gasteiger partial charge in [0.05, 0.1) is 4.90 Å². The smallest absolute Gasteiger partial charge is 0.255 e. The maximum Gasteiger partial charge on any atom is 0.255 e. The zero-order valence-corrected chi connectivity index (χ0v) is 14.0. The van der Waals surface area contributed by atoms with E-state index in [1.165, 1.54) is 12.1 Å².